The molecule has 32 heavy (non-hydrogen) atoms. The van der Waals surface area contributed by atoms with Crippen LogP contribution >= 0.6 is 0 Å². The number of rotatable bonds is 9. The van der Waals surface area contributed by atoms with Crippen LogP contribution in [0.15, 0.2) is 53.4 Å². The van der Waals surface area contributed by atoms with Crippen LogP contribution in [0.1, 0.15) is 34.6 Å². The number of carbonyl (C=O) groups is 2. The molecular formula is C23H31N3O5S. The van der Waals surface area contributed by atoms with Gasteiger partial charge in [0.15, 0.2) is 6.61 Å². The van der Waals surface area contributed by atoms with Crippen LogP contribution < -0.4 is 15.4 Å². The summed E-state index contributed by atoms with van der Waals surface area (Å²) < 4.78 is 31.9. The van der Waals surface area contributed by atoms with Gasteiger partial charge in [-0.25, -0.2) is 8.42 Å². The number of carbonyl (C=O) groups excluding carboxylic acids is 2. The lowest BCUT2D eigenvalue weighted by molar-refractivity contribution is -0.123. The molecule has 0 aliphatic heterocycles. The Bertz CT molecular complexity index is 1040. The van der Waals surface area contributed by atoms with Gasteiger partial charge in [-0.2, -0.15) is 4.31 Å². The number of nitrogens with zero attached hydrogens (tertiary/aromatic N) is 1. The maximum atomic E-state index is 12.5. The third kappa shape index (κ3) is 6.80. The van der Waals surface area contributed by atoms with Gasteiger partial charge >= 0.3 is 0 Å². The maximum Gasteiger partial charge on any atom is 0.262 e. The number of hydrogen-bond donors (Lipinski definition) is 2. The molecule has 0 saturated carbocycles. The molecule has 174 valence electrons. The van der Waals surface area contributed by atoms with Crippen molar-refractivity contribution in [3.63, 3.8) is 0 Å². The molecule has 9 heteroatoms. The number of hydrogen-bond acceptors (Lipinski definition) is 5. The minimum atomic E-state index is -3.55. The van der Waals surface area contributed by atoms with Crippen molar-refractivity contribution in [3.05, 3.63) is 48.5 Å². The van der Waals surface area contributed by atoms with Gasteiger partial charge < -0.3 is 15.4 Å². The Labute approximate surface area is 190 Å². The first-order valence-electron chi connectivity index (χ1n) is 10.4. The number of nitrogens with one attached hydrogen (secondary N) is 2. The van der Waals surface area contributed by atoms with E-state index in [4.69, 9.17) is 4.74 Å². The summed E-state index contributed by atoms with van der Waals surface area (Å²) in [6.45, 7) is 9.55. The van der Waals surface area contributed by atoms with Gasteiger partial charge in [0, 0.05) is 35.9 Å². The number of benzene rings is 2. The normalized spacial score (nSPS) is 11.8. The Morgan fingerprint density at radius 1 is 0.938 bits per heavy atom. The summed E-state index contributed by atoms with van der Waals surface area (Å²) in [5, 5.41) is 5.48. The fourth-order valence-electron chi connectivity index (χ4n) is 2.75. The summed E-state index contributed by atoms with van der Waals surface area (Å²) in [7, 11) is -3.55. The molecule has 0 fully saturated rings. The van der Waals surface area contributed by atoms with Gasteiger partial charge in [-0.05, 0) is 36.4 Å². The van der Waals surface area contributed by atoms with Crippen molar-refractivity contribution in [1.82, 2.24) is 4.31 Å². The van der Waals surface area contributed by atoms with Gasteiger partial charge in [-0.15, -0.1) is 0 Å². The molecule has 2 rings (SSSR count). The van der Waals surface area contributed by atoms with E-state index in [-0.39, 0.29) is 17.4 Å². The second kappa shape index (κ2) is 10.6. The van der Waals surface area contributed by atoms with E-state index in [1.165, 1.54) is 28.6 Å². The van der Waals surface area contributed by atoms with E-state index in [2.05, 4.69) is 10.6 Å². The number of ether oxygens (including phenoxy) is 1. The summed E-state index contributed by atoms with van der Waals surface area (Å²) in [6.07, 6.45) is 0. The Morgan fingerprint density at radius 2 is 1.56 bits per heavy atom. The second-order valence-corrected chi connectivity index (χ2v) is 10.1. The Balaban J connectivity index is 1.95. The van der Waals surface area contributed by atoms with Crippen LogP contribution in [0.3, 0.4) is 0 Å². The van der Waals surface area contributed by atoms with Crippen LogP contribution in [0.2, 0.25) is 0 Å². The van der Waals surface area contributed by atoms with Gasteiger partial charge in [0.05, 0.1) is 4.90 Å². The minimum absolute atomic E-state index is 0.126. The zero-order valence-corrected chi connectivity index (χ0v) is 20.0. The SMILES string of the molecule is CCN(CC)S(=O)(=O)c1ccc(NC(=O)COc2cccc(NC(=O)C(C)(C)C)c2)cc1. The molecule has 2 amide bonds. The van der Waals surface area contributed by atoms with E-state index in [1.54, 1.807) is 38.1 Å². The summed E-state index contributed by atoms with van der Waals surface area (Å²) in [6, 6.07) is 12.8. The second-order valence-electron chi connectivity index (χ2n) is 8.18. The molecule has 0 heterocycles. The van der Waals surface area contributed by atoms with Crippen molar-refractivity contribution in [2.24, 2.45) is 5.41 Å². The Kier molecular flexibility index (Phi) is 8.40. The smallest absolute Gasteiger partial charge is 0.262 e. The highest BCUT2D eigenvalue weighted by molar-refractivity contribution is 7.89. The highest BCUT2D eigenvalue weighted by Gasteiger charge is 2.22. The lowest BCUT2D eigenvalue weighted by Crippen LogP contribution is -2.30. The van der Waals surface area contributed by atoms with E-state index in [9.17, 15) is 18.0 Å². The zero-order chi connectivity index (χ0) is 23.9. The highest BCUT2D eigenvalue weighted by atomic mass is 32.2. The first-order valence-corrected chi connectivity index (χ1v) is 11.9. The van der Waals surface area contributed by atoms with Crippen molar-refractivity contribution in [3.8, 4) is 5.75 Å². The fourth-order valence-corrected chi connectivity index (χ4v) is 4.21. The average molecular weight is 462 g/mol. The third-order valence-electron chi connectivity index (χ3n) is 4.62. The molecule has 2 N–H and O–H groups in total. The fraction of sp³-hybridized carbons (Fsp3) is 0.391. The molecule has 2 aromatic rings. The van der Waals surface area contributed by atoms with Crippen LogP contribution in [0, 0.1) is 5.41 Å². The molecule has 0 aliphatic carbocycles. The largest absolute Gasteiger partial charge is 0.484 e. The van der Waals surface area contributed by atoms with Gasteiger partial charge in [-0.3, -0.25) is 9.59 Å². The first-order chi connectivity index (χ1) is 15.0. The van der Waals surface area contributed by atoms with Gasteiger partial charge in [0.25, 0.3) is 5.91 Å². The summed E-state index contributed by atoms with van der Waals surface area (Å²) in [5.74, 6) is -0.0835. The average Bonchev–Trinajstić information content (AvgIpc) is 2.73. The summed E-state index contributed by atoms with van der Waals surface area (Å²) in [4.78, 5) is 24.5. The molecule has 8 nitrogen and oxygen atoms in total. The quantitative estimate of drug-likeness (QED) is 0.592. The van der Waals surface area contributed by atoms with E-state index in [0.717, 1.165) is 0 Å². The number of amides is 2. The number of sulfonamides is 1. The van der Waals surface area contributed by atoms with E-state index >= 15 is 0 Å². The first kappa shape index (κ1) is 25.4. The molecule has 2 aromatic carbocycles. The third-order valence-corrected chi connectivity index (χ3v) is 6.69. The molecule has 0 aromatic heterocycles. The Morgan fingerprint density at radius 3 is 2.12 bits per heavy atom. The van der Waals surface area contributed by atoms with E-state index in [1.807, 2.05) is 20.8 Å². The number of anilines is 2. The molecule has 0 atom stereocenters. The van der Waals surface area contributed by atoms with Gasteiger partial charge in [-0.1, -0.05) is 40.7 Å². The van der Waals surface area contributed by atoms with Crippen LogP contribution in [0.25, 0.3) is 0 Å². The summed E-state index contributed by atoms with van der Waals surface area (Å²) >= 11 is 0. The molecule has 0 aliphatic rings. The molecule has 0 saturated heterocycles. The van der Waals surface area contributed by atoms with Crippen LogP contribution in [0.4, 0.5) is 11.4 Å². The monoisotopic (exact) mass is 461 g/mol. The standard InChI is InChI=1S/C23H31N3O5S/c1-6-26(7-2)32(29,30)20-13-11-17(12-14-20)24-21(27)16-31-19-10-8-9-18(15-19)25-22(28)23(3,4)5/h8-15H,6-7,16H2,1-5H3,(H,24,27)(H,25,28). The predicted octanol–water partition coefficient (Wildman–Crippen LogP) is 3.72. The van der Waals surface area contributed by atoms with E-state index < -0.39 is 21.3 Å². The minimum Gasteiger partial charge on any atom is -0.484 e. The van der Waals surface area contributed by atoms with Crippen LogP contribution in [-0.2, 0) is 19.6 Å². The predicted molar refractivity (Wildman–Crippen MR) is 125 cm³/mol. The summed E-state index contributed by atoms with van der Waals surface area (Å²) in [5.41, 5.74) is 0.507. The molecule has 0 bridgehead atoms. The van der Waals surface area contributed by atoms with Crippen molar-refractivity contribution in [2.45, 2.75) is 39.5 Å². The van der Waals surface area contributed by atoms with Crippen molar-refractivity contribution in [1.29, 1.82) is 0 Å². The topological polar surface area (TPSA) is 105 Å². The highest BCUT2D eigenvalue weighted by Crippen LogP contribution is 2.22. The molecular weight excluding hydrogens is 430 g/mol. The van der Waals surface area contributed by atoms with Crippen molar-refractivity contribution in [2.75, 3.05) is 30.3 Å². The van der Waals surface area contributed by atoms with E-state index in [0.29, 0.717) is 30.2 Å². The lowest BCUT2D eigenvalue weighted by Gasteiger charge is -2.18. The molecule has 0 radical (unpaired) electrons. The zero-order valence-electron chi connectivity index (χ0n) is 19.1. The van der Waals surface area contributed by atoms with Crippen molar-refractivity contribution >= 4 is 33.2 Å². The lowest BCUT2D eigenvalue weighted by atomic mass is 9.95. The van der Waals surface area contributed by atoms with Gasteiger partial charge in [0.1, 0.15) is 5.75 Å². The molecule has 0 unspecified atom stereocenters. The van der Waals surface area contributed by atoms with Gasteiger partial charge in [0.2, 0.25) is 15.9 Å². The maximum absolute atomic E-state index is 12.5. The molecule has 0 spiro atoms. The van der Waals surface area contributed by atoms with Crippen LogP contribution in [0.5, 0.6) is 5.75 Å². The Hall–Kier alpha value is -2.91. The van der Waals surface area contributed by atoms with Crippen molar-refractivity contribution < 1.29 is 22.7 Å². The van der Waals surface area contributed by atoms with Crippen LogP contribution in [-0.4, -0.2) is 44.2 Å².